The number of fused-ring (bicyclic) bond motifs is 3. The van der Waals surface area contributed by atoms with Gasteiger partial charge in [-0.1, -0.05) is 84.5 Å². The van der Waals surface area contributed by atoms with Gasteiger partial charge in [0, 0.05) is 12.6 Å². The number of rotatable bonds is 7. The fourth-order valence-electron chi connectivity index (χ4n) is 9.26. The molecule has 3 aliphatic carbocycles. The van der Waals surface area contributed by atoms with Crippen LogP contribution in [0.3, 0.4) is 0 Å². The molecule has 0 aromatic rings. The fourth-order valence-corrected chi connectivity index (χ4v) is 11.2. The van der Waals surface area contributed by atoms with Gasteiger partial charge in [0.05, 0.1) is 21.6 Å². The Morgan fingerprint density at radius 3 is 1.96 bits per heavy atom. The number of carbonyl (C=O) groups is 5. The van der Waals surface area contributed by atoms with Gasteiger partial charge >= 0.3 is 6.03 Å². The largest absolute Gasteiger partial charge is 0.347 e. The van der Waals surface area contributed by atoms with Crippen molar-refractivity contribution in [3.8, 4) is 0 Å². The number of piperidine rings is 1. The number of ketones is 1. The summed E-state index contributed by atoms with van der Waals surface area (Å²) in [5, 5.41) is 10.9. The van der Waals surface area contributed by atoms with E-state index in [0.29, 0.717) is 45.1 Å². The molecule has 0 radical (unpaired) electrons. The number of nitrogens with one attached hydrogen (secondary N) is 4. The topological polar surface area (TPSA) is 171 Å². The maximum absolute atomic E-state index is 14.6. The van der Waals surface area contributed by atoms with E-state index in [1.165, 1.54) is 0 Å². The van der Waals surface area contributed by atoms with Crippen LogP contribution >= 0.6 is 0 Å². The molecule has 3 saturated carbocycles. The van der Waals surface area contributed by atoms with Crippen molar-refractivity contribution >= 4 is 39.4 Å². The minimum atomic E-state index is -3.63. The van der Waals surface area contributed by atoms with E-state index in [1.54, 1.807) is 32.6 Å². The molecule has 5 amide bonds. The second-order valence-electron chi connectivity index (χ2n) is 18.1. The van der Waals surface area contributed by atoms with Crippen LogP contribution in [-0.2, 0) is 29.0 Å². The lowest BCUT2D eigenvalue weighted by Crippen LogP contribution is -2.64. The molecule has 0 aromatic heterocycles. The molecule has 5 fully saturated rings. The van der Waals surface area contributed by atoms with Crippen LogP contribution in [0.2, 0.25) is 0 Å². The van der Waals surface area contributed by atoms with Crippen molar-refractivity contribution < 1.29 is 32.4 Å². The molecule has 6 atom stereocenters. The zero-order valence-electron chi connectivity index (χ0n) is 32.5. The van der Waals surface area contributed by atoms with E-state index in [1.807, 2.05) is 0 Å². The molecular weight excluding hydrogens is 683 g/mol. The Labute approximate surface area is 311 Å². The highest BCUT2D eigenvalue weighted by atomic mass is 32.2. The summed E-state index contributed by atoms with van der Waals surface area (Å²) in [6.07, 6.45) is 13.3. The normalized spacial score (nSPS) is 30.8. The number of nitrogens with zero attached hydrogens (tertiary/aromatic N) is 1. The van der Waals surface area contributed by atoms with E-state index in [2.05, 4.69) is 35.1 Å². The predicted octanol–water partition coefficient (Wildman–Crippen LogP) is 4.69. The van der Waals surface area contributed by atoms with Gasteiger partial charge in [0.2, 0.25) is 17.6 Å². The van der Waals surface area contributed by atoms with E-state index < -0.39 is 67.1 Å². The second-order valence-corrected chi connectivity index (χ2v) is 21.2. The van der Waals surface area contributed by atoms with Crippen molar-refractivity contribution in [1.29, 1.82) is 0 Å². The smallest absolute Gasteiger partial charge is 0.315 e. The molecule has 13 heteroatoms. The number of urea groups is 1. The van der Waals surface area contributed by atoms with Crippen LogP contribution in [0.4, 0.5) is 4.79 Å². The van der Waals surface area contributed by atoms with Crippen molar-refractivity contribution in [3.63, 3.8) is 0 Å². The lowest BCUT2D eigenvalue weighted by Gasteiger charge is -2.44. The van der Waals surface area contributed by atoms with E-state index in [-0.39, 0.29) is 29.2 Å². The summed E-state index contributed by atoms with van der Waals surface area (Å²) in [6.45, 7) is 11.3. The van der Waals surface area contributed by atoms with Gasteiger partial charge in [-0.25, -0.2) is 13.2 Å². The van der Waals surface area contributed by atoms with Crippen molar-refractivity contribution in [2.24, 2.45) is 17.3 Å². The summed E-state index contributed by atoms with van der Waals surface area (Å²) in [7, 11) is -3.63. The molecule has 0 unspecified atom stereocenters. The maximum atomic E-state index is 14.6. The molecule has 294 valence electrons. The van der Waals surface area contributed by atoms with Gasteiger partial charge in [-0.05, 0) is 83.5 Å². The zero-order valence-corrected chi connectivity index (χ0v) is 33.3. The van der Waals surface area contributed by atoms with Gasteiger partial charge in [0.15, 0.2) is 9.84 Å². The van der Waals surface area contributed by atoms with Crippen LogP contribution in [-0.4, -0.2) is 89.1 Å². The number of Topliss-reactive ketones (excluding diaryl/α,β-unsaturated/α-hetero) is 1. The molecule has 5 aliphatic rings. The van der Waals surface area contributed by atoms with Crippen molar-refractivity contribution in [2.75, 3.05) is 6.54 Å². The number of sulfone groups is 1. The number of hydrogen-bond acceptors (Lipinski definition) is 7. The van der Waals surface area contributed by atoms with Crippen LogP contribution in [0.1, 0.15) is 151 Å². The monoisotopic (exact) mass is 747 g/mol. The molecular formula is C39H65N5O7S. The number of amides is 5. The Balaban J connectivity index is 1.38. The Morgan fingerprint density at radius 1 is 0.827 bits per heavy atom. The van der Waals surface area contributed by atoms with Crippen molar-refractivity contribution in [2.45, 2.75) is 190 Å². The Bertz CT molecular complexity index is 1460. The lowest BCUT2D eigenvalue weighted by molar-refractivity contribution is -0.144. The average Bonchev–Trinajstić information content (AvgIpc) is 3.93. The Hall–Kier alpha value is -2.70. The second kappa shape index (κ2) is 16.0. The number of hydrogen-bond donors (Lipinski definition) is 4. The SMILES string of the molecule is C[C@H](C1(NC(=O)N[C@H]2CCCCCCCCCC[C@@H](C(=O)C(=O)NC3CC3)NC(=O)[C@@H]3[C@@H]4[C@H](CN3C2=O)C4(C)C)CCCCC1)S(=O)(=O)C(C)(C)C. The summed E-state index contributed by atoms with van der Waals surface area (Å²) in [5.41, 5.74) is -1.15. The molecule has 2 aliphatic heterocycles. The van der Waals surface area contributed by atoms with Crippen LogP contribution < -0.4 is 21.3 Å². The lowest BCUT2D eigenvalue weighted by atomic mass is 9.79. The Kier molecular flexibility index (Phi) is 12.4. The van der Waals surface area contributed by atoms with Gasteiger partial charge < -0.3 is 26.2 Å². The third kappa shape index (κ3) is 8.81. The minimum Gasteiger partial charge on any atom is -0.347 e. The van der Waals surface area contributed by atoms with E-state index in [0.717, 1.165) is 70.6 Å². The maximum Gasteiger partial charge on any atom is 0.315 e. The molecule has 12 nitrogen and oxygen atoms in total. The standard InChI is InChI=1S/C39H65N5O7S/c1-25(52(50,51)37(2,3)4)39(22-16-13-17-23-39)43-36(49)42-29-19-15-12-10-8-7-9-11-14-18-28(32(45)34(47)40-26-20-21-26)41-33(46)31-30-27(38(30,5)6)24-44(31)35(29)48/h25-31H,7-24H2,1-6H3,(H,40,47)(H,41,46)(H2,42,43,49)/t25-,27+,28+,29+,30+,31+/m1/s1. The predicted molar refractivity (Wildman–Crippen MR) is 200 cm³/mol. The van der Waals surface area contributed by atoms with Gasteiger partial charge in [-0.15, -0.1) is 0 Å². The third-order valence-corrected chi connectivity index (χ3v) is 16.2. The van der Waals surface area contributed by atoms with Crippen LogP contribution in [0, 0.1) is 17.3 Å². The molecule has 2 saturated heterocycles. The molecule has 52 heavy (non-hydrogen) atoms. The molecule has 0 aromatic carbocycles. The van der Waals surface area contributed by atoms with Gasteiger partial charge in [0.25, 0.3) is 5.91 Å². The highest BCUT2D eigenvalue weighted by Crippen LogP contribution is 2.65. The summed E-state index contributed by atoms with van der Waals surface area (Å²) in [6, 6.07) is -3.28. The van der Waals surface area contributed by atoms with Gasteiger partial charge in [0.1, 0.15) is 12.1 Å². The van der Waals surface area contributed by atoms with E-state index in [4.69, 9.17) is 0 Å². The first-order valence-electron chi connectivity index (χ1n) is 20.2. The van der Waals surface area contributed by atoms with Crippen LogP contribution in [0.25, 0.3) is 0 Å². The average molecular weight is 748 g/mol. The first-order valence-corrected chi connectivity index (χ1v) is 21.7. The van der Waals surface area contributed by atoms with Crippen molar-refractivity contribution in [3.05, 3.63) is 0 Å². The van der Waals surface area contributed by atoms with Crippen LogP contribution in [0.15, 0.2) is 0 Å². The van der Waals surface area contributed by atoms with E-state index >= 15 is 0 Å². The summed E-state index contributed by atoms with van der Waals surface area (Å²) < 4.78 is 26.4. The first-order chi connectivity index (χ1) is 24.4. The molecule has 5 rings (SSSR count). The van der Waals surface area contributed by atoms with E-state index in [9.17, 15) is 32.4 Å². The summed E-state index contributed by atoms with van der Waals surface area (Å²) >= 11 is 0. The number of carbonyl (C=O) groups excluding carboxylic acids is 5. The third-order valence-electron chi connectivity index (χ3n) is 13.1. The highest BCUT2D eigenvalue weighted by molar-refractivity contribution is 7.93. The first kappa shape index (κ1) is 40.5. The Morgan fingerprint density at radius 2 is 1.38 bits per heavy atom. The molecule has 2 heterocycles. The quantitative estimate of drug-likeness (QED) is 0.274. The fraction of sp³-hybridized carbons (Fsp3) is 0.872. The van der Waals surface area contributed by atoms with Crippen LogP contribution in [0.5, 0.6) is 0 Å². The highest BCUT2D eigenvalue weighted by Gasteiger charge is 2.69. The van der Waals surface area contributed by atoms with Gasteiger partial charge in [-0.2, -0.15) is 0 Å². The van der Waals surface area contributed by atoms with Gasteiger partial charge in [-0.3, -0.25) is 19.2 Å². The van der Waals surface area contributed by atoms with Crippen molar-refractivity contribution in [1.82, 2.24) is 26.2 Å². The molecule has 0 bridgehead atoms. The zero-order chi connectivity index (χ0) is 38.1. The summed E-state index contributed by atoms with van der Waals surface area (Å²) in [5.74, 6) is -2.11. The summed E-state index contributed by atoms with van der Waals surface area (Å²) in [4.78, 5) is 70.6. The molecule has 0 spiro atoms. The molecule has 4 N–H and O–H groups in total. The minimum absolute atomic E-state index is 0.0129.